The third-order valence-electron chi connectivity index (χ3n) is 3.92. The molecule has 1 aromatic heterocycles. The van der Waals surface area contributed by atoms with E-state index in [-0.39, 0.29) is 5.69 Å². The van der Waals surface area contributed by atoms with Crippen molar-refractivity contribution >= 4 is 11.8 Å². The fraction of sp³-hybridized carbons (Fsp3) is 0.714. The molecular weight excluding hydrogens is 242 g/mol. The van der Waals surface area contributed by atoms with E-state index in [2.05, 4.69) is 11.9 Å². The van der Waals surface area contributed by atoms with E-state index < -0.39 is 5.97 Å². The third kappa shape index (κ3) is 3.08. The molecule has 0 bridgehead atoms. The molecule has 5 nitrogen and oxygen atoms in total. The summed E-state index contributed by atoms with van der Waals surface area (Å²) in [5.74, 6) is 0.790. The number of ether oxygens (including phenoxy) is 1. The number of anilines is 1. The van der Waals surface area contributed by atoms with Crippen molar-refractivity contribution in [2.45, 2.75) is 52.0 Å². The molecule has 1 aliphatic carbocycles. The van der Waals surface area contributed by atoms with Crippen molar-refractivity contribution in [2.75, 3.05) is 12.3 Å². The number of nitrogen functional groups attached to an aromatic ring is 1. The second-order valence-electron chi connectivity index (χ2n) is 5.37. The van der Waals surface area contributed by atoms with Crippen molar-refractivity contribution in [1.82, 2.24) is 9.55 Å². The van der Waals surface area contributed by atoms with Crippen LogP contribution in [0.25, 0.3) is 0 Å². The van der Waals surface area contributed by atoms with Crippen molar-refractivity contribution in [2.24, 2.45) is 5.92 Å². The Balaban J connectivity index is 2.14. The van der Waals surface area contributed by atoms with Crippen LogP contribution in [0.3, 0.4) is 0 Å². The van der Waals surface area contributed by atoms with E-state index in [0.717, 1.165) is 18.8 Å². The minimum Gasteiger partial charge on any atom is -0.461 e. The summed E-state index contributed by atoms with van der Waals surface area (Å²) in [6.07, 6.45) is 7.57. The number of nitrogens with zero attached hydrogens (tertiary/aromatic N) is 2. The highest BCUT2D eigenvalue weighted by Crippen LogP contribution is 2.32. The van der Waals surface area contributed by atoms with Gasteiger partial charge in [-0.2, -0.15) is 0 Å². The van der Waals surface area contributed by atoms with Gasteiger partial charge in [-0.3, -0.25) is 0 Å². The number of carbonyl (C=O) groups excluding carboxylic acids is 1. The van der Waals surface area contributed by atoms with Gasteiger partial charge in [-0.25, -0.2) is 9.78 Å². The van der Waals surface area contributed by atoms with Crippen LogP contribution >= 0.6 is 0 Å². The number of nitrogens with two attached hydrogens (primary N) is 1. The normalized spacial score (nSPS) is 23.9. The minimum absolute atomic E-state index is 0.249. The van der Waals surface area contributed by atoms with Crippen LogP contribution in [-0.4, -0.2) is 22.1 Å². The number of imidazole rings is 1. The van der Waals surface area contributed by atoms with Gasteiger partial charge in [0.25, 0.3) is 0 Å². The summed E-state index contributed by atoms with van der Waals surface area (Å²) in [5, 5.41) is 0. The van der Waals surface area contributed by atoms with Gasteiger partial charge in [-0.15, -0.1) is 0 Å². The predicted octanol–water partition coefficient (Wildman–Crippen LogP) is 2.78. The van der Waals surface area contributed by atoms with Gasteiger partial charge in [0.1, 0.15) is 5.82 Å². The quantitative estimate of drug-likeness (QED) is 0.674. The van der Waals surface area contributed by atoms with Gasteiger partial charge in [-0.05, 0) is 32.1 Å². The zero-order valence-corrected chi connectivity index (χ0v) is 11.8. The van der Waals surface area contributed by atoms with E-state index in [9.17, 15) is 4.79 Å². The lowest BCUT2D eigenvalue weighted by atomic mass is 10.0. The smallest absolute Gasteiger partial charge is 0.360 e. The standard InChI is InChI=1S/C14H23N3O2/c1-3-19-14(18)12-13(15)17(9-16-12)11-6-4-5-10(2)7-8-11/h9-11H,3-8,15H2,1-2H3. The number of esters is 1. The van der Waals surface area contributed by atoms with E-state index in [0.29, 0.717) is 18.5 Å². The van der Waals surface area contributed by atoms with Crippen LogP contribution in [0, 0.1) is 5.92 Å². The van der Waals surface area contributed by atoms with Crippen LogP contribution in [0.1, 0.15) is 62.5 Å². The summed E-state index contributed by atoms with van der Waals surface area (Å²) in [7, 11) is 0. The molecule has 0 spiro atoms. The Morgan fingerprint density at radius 3 is 3.00 bits per heavy atom. The summed E-state index contributed by atoms with van der Waals surface area (Å²) >= 11 is 0. The molecule has 0 saturated heterocycles. The monoisotopic (exact) mass is 265 g/mol. The molecule has 1 heterocycles. The number of carbonyl (C=O) groups is 1. The third-order valence-corrected chi connectivity index (χ3v) is 3.92. The lowest BCUT2D eigenvalue weighted by Gasteiger charge is -2.17. The minimum atomic E-state index is -0.430. The summed E-state index contributed by atoms with van der Waals surface area (Å²) in [4.78, 5) is 15.8. The molecule has 0 amide bonds. The Bertz CT molecular complexity index is 442. The van der Waals surface area contributed by atoms with Gasteiger partial charge in [0.2, 0.25) is 0 Å². The van der Waals surface area contributed by atoms with Crippen LogP contribution in [0.15, 0.2) is 6.33 Å². The van der Waals surface area contributed by atoms with E-state index in [1.807, 2.05) is 4.57 Å². The largest absolute Gasteiger partial charge is 0.461 e. The molecule has 0 radical (unpaired) electrons. The number of rotatable bonds is 3. The Kier molecular flexibility index (Phi) is 4.45. The molecule has 1 aromatic rings. The SMILES string of the molecule is CCOC(=O)c1ncn(C2CCCC(C)CC2)c1N. The van der Waals surface area contributed by atoms with Crippen LogP contribution in [0.2, 0.25) is 0 Å². The van der Waals surface area contributed by atoms with Crippen LogP contribution < -0.4 is 5.73 Å². The topological polar surface area (TPSA) is 70.1 Å². The zero-order chi connectivity index (χ0) is 13.8. The Hall–Kier alpha value is -1.52. The lowest BCUT2D eigenvalue weighted by molar-refractivity contribution is 0.0521. The van der Waals surface area contributed by atoms with Crippen molar-refractivity contribution in [3.63, 3.8) is 0 Å². The summed E-state index contributed by atoms with van der Waals surface area (Å²) in [6, 6.07) is 0.362. The van der Waals surface area contributed by atoms with E-state index in [1.165, 1.54) is 19.3 Å². The summed E-state index contributed by atoms with van der Waals surface area (Å²) in [5.41, 5.74) is 6.30. The van der Waals surface area contributed by atoms with Crippen molar-refractivity contribution < 1.29 is 9.53 Å². The van der Waals surface area contributed by atoms with Crippen LogP contribution in [0.5, 0.6) is 0 Å². The van der Waals surface area contributed by atoms with Crippen LogP contribution in [0.4, 0.5) is 5.82 Å². The second-order valence-corrected chi connectivity index (χ2v) is 5.37. The maximum absolute atomic E-state index is 11.7. The van der Waals surface area contributed by atoms with Crippen molar-refractivity contribution in [3.05, 3.63) is 12.0 Å². The van der Waals surface area contributed by atoms with Gasteiger partial charge >= 0.3 is 5.97 Å². The molecule has 1 aliphatic rings. The first kappa shape index (κ1) is 13.9. The Labute approximate surface area is 114 Å². The van der Waals surface area contributed by atoms with E-state index in [4.69, 9.17) is 10.5 Å². The highest BCUT2D eigenvalue weighted by Gasteiger charge is 2.23. The van der Waals surface area contributed by atoms with E-state index in [1.54, 1.807) is 13.3 Å². The molecular formula is C14H23N3O2. The van der Waals surface area contributed by atoms with Gasteiger partial charge < -0.3 is 15.0 Å². The Morgan fingerprint density at radius 2 is 2.26 bits per heavy atom. The molecule has 0 aromatic carbocycles. The number of hydrogen-bond acceptors (Lipinski definition) is 4. The summed E-state index contributed by atoms with van der Waals surface area (Å²) in [6.45, 7) is 4.41. The molecule has 2 unspecified atom stereocenters. The maximum atomic E-state index is 11.7. The van der Waals surface area contributed by atoms with Crippen molar-refractivity contribution in [3.8, 4) is 0 Å². The fourth-order valence-electron chi connectivity index (χ4n) is 2.76. The molecule has 0 aliphatic heterocycles. The molecule has 19 heavy (non-hydrogen) atoms. The fourth-order valence-corrected chi connectivity index (χ4v) is 2.76. The lowest BCUT2D eigenvalue weighted by Crippen LogP contribution is -2.13. The molecule has 106 valence electrons. The van der Waals surface area contributed by atoms with Gasteiger partial charge in [0, 0.05) is 6.04 Å². The molecule has 1 fully saturated rings. The van der Waals surface area contributed by atoms with Crippen molar-refractivity contribution in [1.29, 1.82) is 0 Å². The first-order valence-corrected chi connectivity index (χ1v) is 7.12. The van der Waals surface area contributed by atoms with Crippen LogP contribution in [-0.2, 0) is 4.74 Å². The predicted molar refractivity (Wildman–Crippen MR) is 73.9 cm³/mol. The van der Waals surface area contributed by atoms with Gasteiger partial charge in [-0.1, -0.05) is 19.8 Å². The van der Waals surface area contributed by atoms with E-state index >= 15 is 0 Å². The molecule has 2 atom stereocenters. The number of hydrogen-bond donors (Lipinski definition) is 1. The highest BCUT2D eigenvalue weighted by atomic mass is 16.5. The second kappa shape index (κ2) is 6.08. The summed E-state index contributed by atoms with van der Waals surface area (Å²) < 4.78 is 6.91. The van der Waals surface area contributed by atoms with Gasteiger partial charge in [0.15, 0.2) is 5.69 Å². The first-order valence-electron chi connectivity index (χ1n) is 7.12. The molecule has 1 saturated carbocycles. The number of aromatic nitrogens is 2. The molecule has 2 rings (SSSR count). The average Bonchev–Trinajstić information content (AvgIpc) is 2.62. The molecule has 2 N–H and O–H groups in total. The zero-order valence-electron chi connectivity index (χ0n) is 11.8. The van der Waals surface area contributed by atoms with Gasteiger partial charge in [0.05, 0.1) is 12.9 Å². The first-order chi connectivity index (χ1) is 9.13. The molecule has 5 heteroatoms. The average molecular weight is 265 g/mol. The maximum Gasteiger partial charge on any atom is 0.360 e. The highest BCUT2D eigenvalue weighted by molar-refractivity contribution is 5.92. The Morgan fingerprint density at radius 1 is 1.47 bits per heavy atom.